The summed E-state index contributed by atoms with van der Waals surface area (Å²) in [5.41, 5.74) is 1.39. The van der Waals surface area contributed by atoms with Gasteiger partial charge in [-0.1, -0.05) is 83.7 Å². The van der Waals surface area contributed by atoms with Gasteiger partial charge in [-0.25, -0.2) is 4.39 Å². The Labute approximate surface area is 154 Å². The molecule has 0 N–H and O–H groups in total. The van der Waals surface area contributed by atoms with Crippen molar-refractivity contribution >= 4 is 59.4 Å². The molecule has 0 unspecified atom stereocenters. The quantitative estimate of drug-likeness (QED) is 0.412. The van der Waals surface area contributed by atoms with Crippen LogP contribution in [0.25, 0.3) is 0 Å². The Bertz CT molecular complexity index is 606. The minimum Gasteiger partial charge on any atom is -0.207 e. The maximum atomic E-state index is 14.1. The summed E-state index contributed by atoms with van der Waals surface area (Å²) in [6.45, 7) is 0. The molecule has 2 rings (SSSR count). The molecule has 0 aliphatic carbocycles. The molecule has 0 fully saturated rings. The van der Waals surface area contributed by atoms with Crippen LogP contribution in [0.4, 0.5) is 4.39 Å². The second kappa shape index (κ2) is 7.58. The molecule has 0 saturated heterocycles. The van der Waals surface area contributed by atoms with Crippen molar-refractivity contribution in [3.8, 4) is 0 Å². The van der Waals surface area contributed by atoms with E-state index < -0.39 is 0 Å². The van der Waals surface area contributed by atoms with Crippen LogP contribution in [0, 0.1) is 5.82 Å². The first kappa shape index (κ1) is 17.5. The lowest BCUT2D eigenvalue weighted by Crippen LogP contribution is -2.34. The molecule has 112 valence electrons. The highest BCUT2D eigenvalue weighted by atomic mass is 79.9. The van der Waals surface area contributed by atoms with Gasteiger partial charge in [-0.15, -0.1) is 0 Å². The molecule has 2 aromatic rings. The van der Waals surface area contributed by atoms with Crippen molar-refractivity contribution in [3.63, 3.8) is 0 Å². The van der Waals surface area contributed by atoms with Gasteiger partial charge in [-0.2, -0.15) is 0 Å². The number of halogens is 5. The van der Waals surface area contributed by atoms with Gasteiger partial charge in [0.2, 0.25) is 0 Å². The van der Waals surface area contributed by atoms with Crippen molar-refractivity contribution < 1.29 is 4.39 Å². The van der Waals surface area contributed by atoms with Crippen LogP contribution in [0.1, 0.15) is 11.1 Å². The summed E-state index contributed by atoms with van der Waals surface area (Å²) in [5, 5.41) is 1.85. The van der Waals surface area contributed by atoms with E-state index in [1.165, 1.54) is 6.07 Å². The Balaban J connectivity index is 2.51. The van der Waals surface area contributed by atoms with E-state index in [1.54, 1.807) is 12.1 Å². The monoisotopic (exact) mass is 496 g/mol. The molecule has 0 heterocycles. The Morgan fingerprint density at radius 1 is 1.00 bits per heavy atom. The van der Waals surface area contributed by atoms with Crippen molar-refractivity contribution in [1.29, 1.82) is 0 Å². The van der Waals surface area contributed by atoms with E-state index in [-0.39, 0.29) is 11.2 Å². The fraction of sp³-hybridized carbons (Fsp3) is 0.250. The van der Waals surface area contributed by atoms with Crippen molar-refractivity contribution in [2.75, 3.05) is 10.7 Å². The Morgan fingerprint density at radius 2 is 1.67 bits per heavy atom. The predicted octanol–water partition coefficient (Wildman–Crippen LogP) is 6.51. The third-order valence-corrected chi connectivity index (χ3v) is 6.73. The van der Waals surface area contributed by atoms with E-state index >= 15 is 0 Å². The first-order valence-electron chi connectivity index (χ1n) is 6.34. The van der Waals surface area contributed by atoms with Crippen molar-refractivity contribution in [1.82, 2.24) is 0 Å². The molecule has 0 amide bonds. The first-order valence-corrected chi connectivity index (χ1v) is 9.75. The fourth-order valence-corrected chi connectivity index (χ4v) is 5.16. The van der Waals surface area contributed by atoms with Crippen LogP contribution in [0.3, 0.4) is 0 Å². The van der Waals surface area contributed by atoms with E-state index in [4.69, 9.17) is 11.6 Å². The molecule has 0 saturated carbocycles. The van der Waals surface area contributed by atoms with Gasteiger partial charge in [-0.05, 0) is 30.2 Å². The molecular formula is C16H13Br3ClF. The van der Waals surface area contributed by atoms with Gasteiger partial charge in [0.25, 0.3) is 0 Å². The maximum Gasteiger partial charge on any atom is 0.127 e. The van der Waals surface area contributed by atoms with Crippen molar-refractivity contribution in [2.24, 2.45) is 0 Å². The van der Waals surface area contributed by atoms with Crippen LogP contribution in [-0.4, -0.2) is 10.7 Å². The summed E-state index contributed by atoms with van der Waals surface area (Å²) in [6.07, 6.45) is 0.512. The zero-order chi connectivity index (χ0) is 15.5. The normalized spacial score (nSPS) is 11.7. The van der Waals surface area contributed by atoms with Crippen LogP contribution in [-0.2, 0) is 11.8 Å². The van der Waals surface area contributed by atoms with Gasteiger partial charge in [0.1, 0.15) is 5.82 Å². The number of hydrogen-bond acceptors (Lipinski definition) is 0. The molecule has 2 aromatic carbocycles. The van der Waals surface area contributed by atoms with Crippen LogP contribution in [0.2, 0.25) is 5.02 Å². The zero-order valence-electron chi connectivity index (χ0n) is 11.1. The van der Waals surface area contributed by atoms with Gasteiger partial charge >= 0.3 is 0 Å². The average Bonchev–Trinajstić information content (AvgIpc) is 2.49. The Morgan fingerprint density at radius 3 is 2.24 bits per heavy atom. The highest BCUT2D eigenvalue weighted by Gasteiger charge is 2.33. The Kier molecular flexibility index (Phi) is 6.30. The summed E-state index contributed by atoms with van der Waals surface area (Å²) in [5.74, 6) is -0.263. The van der Waals surface area contributed by atoms with E-state index in [0.717, 1.165) is 10.0 Å². The number of hydrogen-bond donors (Lipinski definition) is 0. The summed E-state index contributed by atoms with van der Waals surface area (Å²) in [7, 11) is 0. The first-order chi connectivity index (χ1) is 10.0. The molecule has 5 heteroatoms. The lowest BCUT2D eigenvalue weighted by Gasteiger charge is -2.32. The number of rotatable bonds is 5. The largest absolute Gasteiger partial charge is 0.207 e. The smallest absolute Gasteiger partial charge is 0.127 e. The molecular weight excluding hydrogens is 486 g/mol. The zero-order valence-corrected chi connectivity index (χ0v) is 16.6. The average molecular weight is 499 g/mol. The molecule has 0 aliphatic heterocycles. The maximum absolute atomic E-state index is 14.1. The van der Waals surface area contributed by atoms with E-state index in [0.29, 0.717) is 27.7 Å². The van der Waals surface area contributed by atoms with Crippen LogP contribution in [0.15, 0.2) is 46.9 Å². The third-order valence-electron chi connectivity index (χ3n) is 3.53. The molecule has 0 spiro atoms. The van der Waals surface area contributed by atoms with E-state index in [1.807, 2.05) is 18.2 Å². The lowest BCUT2D eigenvalue weighted by atomic mass is 9.79. The molecule has 0 atom stereocenters. The van der Waals surface area contributed by atoms with Gasteiger partial charge in [0.15, 0.2) is 0 Å². The van der Waals surface area contributed by atoms with E-state index in [9.17, 15) is 4.39 Å². The Hall–Kier alpha value is 0.1000. The topological polar surface area (TPSA) is 0 Å². The van der Waals surface area contributed by atoms with E-state index in [2.05, 4.69) is 53.9 Å². The highest BCUT2D eigenvalue weighted by molar-refractivity contribution is 9.10. The van der Waals surface area contributed by atoms with Gasteiger partial charge in [0.05, 0.1) is 0 Å². The second-order valence-corrected chi connectivity index (χ2v) is 7.29. The molecule has 0 bridgehead atoms. The van der Waals surface area contributed by atoms with Gasteiger partial charge in [0, 0.05) is 31.1 Å². The predicted molar refractivity (Wildman–Crippen MR) is 98.5 cm³/mol. The molecule has 0 radical (unpaired) electrons. The van der Waals surface area contributed by atoms with Crippen molar-refractivity contribution in [3.05, 3.63) is 68.9 Å². The minimum absolute atomic E-state index is 0.263. The van der Waals surface area contributed by atoms with Crippen LogP contribution in [0.5, 0.6) is 0 Å². The molecule has 0 aliphatic rings. The SMILES string of the molecule is Fc1cccc(Cl)c1CC(CBr)(CBr)c1ccccc1Br. The third kappa shape index (κ3) is 3.72. The molecule has 21 heavy (non-hydrogen) atoms. The standard InChI is InChI=1S/C16H13Br3ClF/c17-9-16(10-18,12-4-1-2-5-13(12)19)8-11-14(20)6-3-7-15(11)21/h1-7H,8-10H2. The van der Waals surface area contributed by atoms with Gasteiger partial charge < -0.3 is 0 Å². The number of benzene rings is 2. The minimum atomic E-state index is -0.286. The lowest BCUT2D eigenvalue weighted by molar-refractivity contribution is 0.521. The number of alkyl halides is 2. The second-order valence-electron chi connectivity index (χ2n) is 4.90. The summed E-state index contributed by atoms with van der Waals surface area (Å²) < 4.78 is 15.2. The van der Waals surface area contributed by atoms with Crippen LogP contribution >= 0.6 is 59.4 Å². The highest BCUT2D eigenvalue weighted by Crippen LogP contribution is 2.38. The summed E-state index contributed by atoms with van der Waals surface area (Å²) in [4.78, 5) is 0. The summed E-state index contributed by atoms with van der Waals surface area (Å²) in [6, 6.07) is 12.8. The summed E-state index contributed by atoms with van der Waals surface area (Å²) >= 11 is 17.0. The van der Waals surface area contributed by atoms with Crippen LogP contribution < -0.4 is 0 Å². The van der Waals surface area contributed by atoms with Gasteiger partial charge in [-0.3, -0.25) is 0 Å². The molecule has 0 aromatic heterocycles. The fourth-order valence-electron chi connectivity index (χ4n) is 2.30. The molecule has 0 nitrogen and oxygen atoms in total. The van der Waals surface area contributed by atoms with Crippen molar-refractivity contribution in [2.45, 2.75) is 11.8 Å².